The van der Waals surface area contributed by atoms with Gasteiger partial charge < -0.3 is 19.5 Å². The molecule has 36 heavy (non-hydrogen) atoms. The fourth-order valence-corrected chi connectivity index (χ4v) is 5.17. The van der Waals surface area contributed by atoms with Crippen LogP contribution in [0.2, 0.25) is 0 Å². The lowest BCUT2D eigenvalue weighted by atomic mass is 9.93. The second kappa shape index (κ2) is 10.6. The predicted molar refractivity (Wildman–Crippen MR) is 132 cm³/mol. The van der Waals surface area contributed by atoms with Crippen molar-refractivity contribution in [3.8, 4) is 11.5 Å². The number of fused-ring (bicyclic) bond motifs is 1. The van der Waals surface area contributed by atoms with Crippen LogP contribution in [0.5, 0.6) is 11.5 Å². The smallest absolute Gasteiger partial charge is 0.504 e. The summed E-state index contributed by atoms with van der Waals surface area (Å²) in [4.78, 5) is 7.15. The highest BCUT2D eigenvalue weighted by atomic mass is 19.4. The van der Waals surface area contributed by atoms with Crippen LogP contribution in [0.4, 0.5) is 13.2 Å². The molecule has 4 rings (SSSR count). The maximum Gasteiger partial charge on any atom is 0.573 e. The first kappa shape index (κ1) is 26.7. The van der Waals surface area contributed by atoms with Crippen molar-refractivity contribution in [2.45, 2.75) is 57.9 Å². The number of aryl methyl sites for hydroxylation is 1. The van der Waals surface area contributed by atoms with Gasteiger partial charge in [0.25, 0.3) is 0 Å². The van der Waals surface area contributed by atoms with Gasteiger partial charge in [-0.1, -0.05) is 24.3 Å². The van der Waals surface area contributed by atoms with Crippen LogP contribution >= 0.6 is 0 Å². The summed E-state index contributed by atoms with van der Waals surface area (Å²) < 4.78 is 47.9. The molecule has 2 heterocycles. The van der Waals surface area contributed by atoms with E-state index < -0.39 is 17.9 Å². The minimum atomic E-state index is -4.85. The minimum Gasteiger partial charge on any atom is -0.504 e. The van der Waals surface area contributed by atoms with Gasteiger partial charge in [0.15, 0.2) is 11.5 Å². The Morgan fingerprint density at radius 1 is 1.03 bits per heavy atom. The molecule has 2 aromatic carbocycles. The summed E-state index contributed by atoms with van der Waals surface area (Å²) in [6.45, 7) is 9.89. The van der Waals surface area contributed by atoms with Crippen molar-refractivity contribution in [2.75, 3.05) is 40.3 Å². The van der Waals surface area contributed by atoms with E-state index in [0.29, 0.717) is 12.0 Å². The van der Waals surface area contributed by atoms with E-state index in [4.69, 9.17) is 4.74 Å². The number of alkyl halides is 3. The number of hydrogen-bond acceptors (Lipinski definition) is 6. The molecule has 0 spiro atoms. The lowest BCUT2D eigenvalue weighted by Crippen LogP contribution is -2.46. The van der Waals surface area contributed by atoms with Crippen molar-refractivity contribution in [1.29, 1.82) is 0 Å². The van der Waals surface area contributed by atoms with Crippen LogP contribution in [0.25, 0.3) is 0 Å². The van der Waals surface area contributed by atoms with E-state index in [1.54, 1.807) is 13.2 Å². The molecule has 1 fully saturated rings. The number of methoxy groups -OCH3 is 1. The molecule has 0 bridgehead atoms. The van der Waals surface area contributed by atoms with Crippen LogP contribution in [-0.4, -0.2) is 72.0 Å². The molecule has 1 saturated heterocycles. The second-order valence-corrected chi connectivity index (χ2v) is 10.4. The fourth-order valence-electron chi connectivity index (χ4n) is 5.17. The molecule has 0 aromatic heterocycles. The number of ether oxygens (including phenoxy) is 2. The highest BCUT2D eigenvalue weighted by Gasteiger charge is 2.36. The van der Waals surface area contributed by atoms with E-state index in [1.807, 2.05) is 0 Å². The fraction of sp³-hybridized carbons (Fsp3) is 0.556. The first-order chi connectivity index (χ1) is 17.0. The molecule has 1 N–H and O–H groups in total. The number of rotatable bonds is 8. The third kappa shape index (κ3) is 6.14. The van der Waals surface area contributed by atoms with Gasteiger partial charge in [-0.15, -0.1) is 13.2 Å². The lowest BCUT2D eigenvalue weighted by molar-refractivity contribution is -0.275. The molecule has 0 aliphatic carbocycles. The molecule has 2 aliphatic rings. The van der Waals surface area contributed by atoms with Crippen LogP contribution < -0.4 is 4.74 Å². The number of halogens is 3. The average Bonchev–Trinajstić information content (AvgIpc) is 3.27. The van der Waals surface area contributed by atoms with Gasteiger partial charge in [-0.25, -0.2) is 0 Å². The predicted octanol–water partition coefficient (Wildman–Crippen LogP) is 4.91. The van der Waals surface area contributed by atoms with Gasteiger partial charge in [0, 0.05) is 57.5 Å². The third-order valence-electron chi connectivity index (χ3n) is 7.51. The molecular weight excluding hydrogens is 471 g/mol. The van der Waals surface area contributed by atoms with Gasteiger partial charge in [-0.2, -0.15) is 0 Å². The molecular formula is C27H36F3N3O3. The lowest BCUT2D eigenvalue weighted by Gasteiger charge is -2.38. The number of piperazine rings is 1. The van der Waals surface area contributed by atoms with Crippen molar-refractivity contribution >= 4 is 0 Å². The SMILES string of the molecule is COC(c1cccc2c1CN(C(C)(C)CCc1ccc(O)c(OC(F)(F)F)c1)C2)N1CCN(C)CC1. The zero-order valence-corrected chi connectivity index (χ0v) is 21.4. The molecule has 9 heteroatoms. The van der Waals surface area contributed by atoms with E-state index in [0.717, 1.165) is 45.7 Å². The Balaban J connectivity index is 1.45. The third-order valence-corrected chi connectivity index (χ3v) is 7.51. The number of aromatic hydroxyl groups is 1. The van der Waals surface area contributed by atoms with E-state index in [1.165, 1.54) is 28.8 Å². The Morgan fingerprint density at radius 3 is 2.42 bits per heavy atom. The first-order valence-electron chi connectivity index (χ1n) is 12.4. The van der Waals surface area contributed by atoms with Gasteiger partial charge in [-0.3, -0.25) is 9.80 Å². The number of likely N-dealkylation sites (N-methyl/N-ethyl adjacent to an activating group) is 1. The van der Waals surface area contributed by atoms with E-state index in [2.05, 4.69) is 58.5 Å². The molecule has 6 nitrogen and oxygen atoms in total. The Hall–Kier alpha value is -2.33. The van der Waals surface area contributed by atoms with Crippen molar-refractivity contribution in [1.82, 2.24) is 14.7 Å². The standard InChI is InChI=1S/C27H36F3N3O3/c1-26(2,11-10-19-8-9-23(34)24(16-19)36-27(28,29)30)33-17-20-6-5-7-21(22(20)18-33)25(35-4)32-14-12-31(3)13-15-32/h5-9,16,25,34H,10-15,17-18H2,1-4H3. The molecule has 0 amide bonds. The quantitative estimate of drug-likeness (QED) is 0.548. The van der Waals surface area contributed by atoms with Crippen LogP contribution in [0.3, 0.4) is 0 Å². The van der Waals surface area contributed by atoms with Crippen LogP contribution in [-0.2, 0) is 24.2 Å². The molecule has 0 saturated carbocycles. The summed E-state index contributed by atoms with van der Waals surface area (Å²) in [5, 5.41) is 9.75. The van der Waals surface area contributed by atoms with Crippen molar-refractivity contribution in [2.24, 2.45) is 0 Å². The number of hydrogen-bond donors (Lipinski definition) is 1. The molecule has 0 radical (unpaired) electrons. The monoisotopic (exact) mass is 507 g/mol. The van der Waals surface area contributed by atoms with Gasteiger partial charge in [-0.05, 0) is 62.6 Å². The maximum absolute atomic E-state index is 12.7. The molecule has 2 aromatic rings. The van der Waals surface area contributed by atoms with E-state index in [-0.39, 0.29) is 11.8 Å². The van der Waals surface area contributed by atoms with E-state index >= 15 is 0 Å². The summed E-state index contributed by atoms with van der Waals surface area (Å²) in [6, 6.07) is 10.6. The minimum absolute atomic E-state index is 0.0826. The highest BCUT2D eigenvalue weighted by Crippen LogP contribution is 2.38. The zero-order valence-electron chi connectivity index (χ0n) is 21.4. The highest BCUT2D eigenvalue weighted by molar-refractivity contribution is 5.42. The number of nitrogens with zero attached hydrogens (tertiary/aromatic N) is 3. The first-order valence-corrected chi connectivity index (χ1v) is 12.4. The summed E-state index contributed by atoms with van der Waals surface area (Å²) in [5.41, 5.74) is 4.30. The van der Waals surface area contributed by atoms with Gasteiger partial charge in [0.2, 0.25) is 0 Å². The summed E-state index contributed by atoms with van der Waals surface area (Å²) in [7, 11) is 3.91. The van der Waals surface area contributed by atoms with Gasteiger partial charge >= 0.3 is 6.36 Å². The van der Waals surface area contributed by atoms with Crippen LogP contribution in [0.15, 0.2) is 36.4 Å². The Labute approximate surface area is 211 Å². The van der Waals surface area contributed by atoms with Crippen molar-refractivity contribution in [3.05, 3.63) is 58.7 Å². The maximum atomic E-state index is 12.7. The van der Waals surface area contributed by atoms with Crippen LogP contribution in [0.1, 0.15) is 48.8 Å². The topological polar surface area (TPSA) is 48.4 Å². The second-order valence-electron chi connectivity index (χ2n) is 10.4. The van der Waals surface area contributed by atoms with Crippen molar-refractivity contribution in [3.63, 3.8) is 0 Å². The number of benzene rings is 2. The Bertz CT molecular complexity index is 1050. The molecule has 198 valence electrons. The molecule has 2 aliphatic heterocycles. The summed E-state index contributed by atoms with van der Waals surface area (Å²) in [5.74, 6) is -1.09. The molecule has 1 atom stereocenters. The normalized spacial score (nSPS) is 18.9. The summed E-state index contributed by atoms with van der Waals surface area (Å²) in [6.07, 6.45) is -3.64. The Morgan fingerprint density at radius 2 is 1.75 bits per heavy atom. The van der Waals surface area contributed by atoms with Crippen LogP contribution in [0, 0.1) is 0 Å². The largest absolute Gasteiger partial charge is 0.573 e. The molecule has 1 unspecified atom stereocenters. The Kier molecular flexibility index (Phi) is 7.85. The van der Waals surface area contributed by atoms with E-state index in [9.17, 15) is 18.3 Å². The zero-order chi connectivity index (χ0) is 26.1. The van der Waals surface area contributed by atoms with Gasteiger partial charge in [0.05, 0.1) is 0 Å². The van der Waals surface area contributed by atoms with Crippen molar-refractivity contribution < 1.29 is 27.8 Å². The number of phenols is 1. The number of phenolic OH excluding ortho intramolecular Hbond substituents is 1. The van der Waals surface area contributed by atoms with Gasteiger partial charge in [0.1, 0.15) is 6.23 Å². The average molecular weight is 508 g/mol. The summed E-state index contributed by atoms with van der Waals surface area (Å²) >= 11 is 0.